The van der Waals surface area contributed by atoms with Gasteiger partial charge in [0.15, 0.2) is 0 Å². The second kappa shape index (κ2) is 9.77. The number of sulfonamides is 1. The number of nitrogens with zero attached hydrogens (tertiary/aromatic N) is 3. The van der Waals surface area contributed by atoms with Crippen LogP contribution in [-0.2, 0) is 30.9 Å². The molecular formula is C22H23FN4O5S. The number of carbonyl (C=O) groups excluding carboxylic acids is 2. The van der Waals surface area contributed by atoms with Gasteiger partial charge in [-0.25, -0.2) is 17.8 Å². The molecule has 0 bridgehead atoms. The minimum atomic E-state index is -4.08. The maximum Gasteiger partial charge on any atom is 0.271 e. The predicted octanol–water partition coefficient (Wildman–Crippen LogP) is 1.96. The zero-order valence-electron chi connectivity index (χ0n) is 17.7. The molecule has 0 saturated carbocycles. The molecular weight excluding hydrogens is 451 g/mol. The zero-order chi connectivity index (χ0) is 23.4. The molecule has 4 rings (SSSR count). The molecule has 2 amide bonds. The van der Waals surface area contributed by atoms with Gasteiger partial charge in [0.1, 0.15) is 16.4 Å². The maximum atomic E-state index is 14.4. The van der Waals surface area contributed by atoms with Gasteiger partial charge < -0.3 is 10.1 Å². The number of hydrogen-bond donors (Lipinski definition) is 1. The molecule has 11 heteroatoms. The lowest BCUT2D eigenvalue weighted by molar-refractivity contribution is -0.132. The summed E-state index contributed by atoms with van der Waals surface area (Å²) in [5.41, 5.74) is 1.11. The van der Waals surface area contributed by atoms with Crippen molar-refractivity contribution in [2.24, 2.45) is 5.10 Å². The lowest BCUT2D eigenvalue weighted by Gasteiger charge is -2.26. The number of hydrogen-bond acceptors (Lipinski definition) is 6. The maximum absolute atomic E-state index is 14.4. The highest BCUT2D eigenvalue weighted by molar-refractivity contribution is 7.89. The quantitative estimate of drug-likeness (QED) is 0.689. The number of hydrazone groups is 1. The van der Waals surface area contributed by atoms with Crippen molar-refractivity contribution >= 4 is 33.2 Å². The molecule has 0 aliphatic carbocycles. The van der Waals surface area contributed by atoms with E-state index in [1.165, 1.54) is 11.1 Å². The standard InChI is InChI=1S/C22H23FN4O5S/c23-18-7-6-17(14-20(18)33(30,31)26-10-12-32-13-11-26)24-22(29)19-8-9-21(28)27(25-19)15-16-4-2-1-3-5-16/h1-7,14H,8-13,15H2,(H,24,29). The largest absolute Gasteiger partial charge is 0.379 e. The molecule has 1 saturated heterocycles. The smallest absolute Gasteiger partial charge is 0.271 e. The molecule has 9 nitrogen and oxygen atoms in total. The number of amides is 2. The van der Waals surface area contributed by atoms with E-state index in [0.29, 0.717) is 0 Å². The third-order valence-electron chi connectivity index (χ3n) is 5.32. The number of anilines is 1. The SMILES string of the molecule is O=C(Nc1ccc(F)c(S(=O)(=O)N2CCOCC2)c1)C1=NN(Cc2ccccc2)C(=O)CC1. The van der Waals surface area contributed by atoms with E-state index < -0.39 is 26.6 Å². The lowest BCUT2D eigenvalue weighted by Crippen LogP contribution is -2.41. The molecule has 33 heavy (non-hydrogen) atoms. The molecule has 174 valence electrons. The number of morpholine rings is 1. The van der Waals surface area contributed by atoms with Gasteiger partial charge >= 0.3 is 0 Å². The average molecular weight is 475 g/mol. The van der Waals surface area contributed by atoms with Gasteiger partial charge in [0, 0.05) is 31.6 Å². The van der Waals surface area contributed by atoms with Crippen LogP contribution in [0, 0.1) is 5.82 Å². The van der Waals surface area contributed by atoms with Crippen LogP contribution in [0.15, 0.2) is 58.5 Å². The Morgan fingerprint density at radius 3 is 2.55 bits per heavy atom. The number of ether oxygens (including phenoxy) is 1. The zero-order valence-corrected chi connectivity index (χ0v) is 18.6. The molecule has 2 heterocycles. The summed E-state index contributed by atoms with van der Waals surface area (Å²) in [4.78, 5) is 24.5. The van der Waals surface area contributed by atoms with Gasteiger partial charge in [-0.3, -0.25) is 9.59 Å². The fourth-order valence-corrected chi connectivity index (χ4v) is 5.05. The van der Waals surface area contributed by atoms with Crippen molar-refractivity contribution in [2.45, 2.75) is 24.3 Å². The highest BCUT2D eigenvalue weighted by atomic mass is 32.2. The van der Waals surface area contributed by atoms with Crippen LogP contribution in [0.4, 0.5) is 10.1 Å². The fraction of sp³-hybridized carbons (Fsp3) is 0.318. The van der Waals surface area contributed by atoms with Gasteiger partial charge in [-0.05, 0) is 23.8 Å². The molecule has 1 N–H and O–H groups in total. The first-order valence-corrected chi connectivity index (χ1v) is 11.9. The minimum absolute atomic E-state index is 0.113. The Hall–Kier alpha value is -3.15. The molecule has 0 aromatic heterocycles. The summed E-state index contributed by atoms with van der Waals surface area (Å²) in [5.74, 6) is -1.69. The van der Waals surface area contributed by atoms with Crippen molar-refractivity contribution < 1.29 is 27.1 Å². The third kappa shape index (κ3) is 5.27. The summed E-state index contributed by atoms with van der Waals surface area (Å²) in [5, 5.41) is 8.00. The Morgan fingerprint density at radius 1 is 1.09 bits per heavy atom. The van der Waals surface area contributed by atoms with Crippen molar-refractivity contribution in [3.63, 3.8) is 0 Å². The third-order valence-corrected chi connectivity index (χ3v) is 7.23. The van der Waals surface area contributed by atoms with Crippen LogP contribution in [0.2, 0.25) is 0 Å². The van der Waals surface area contributed by atoms with Crippen molar-refractivity contribution in [3.05, 3.63) is 59.9 Å². The monoisotopic (exact) mass is 474 g/mol. The molecule has 1 fully saturated rings. The van der Waals surface area contributed by atoms with Gasteiger partial charge in [0.2, 0.25) is 15.9 Å². The molecule has 0 spiro atoms. The molecule has 0 atom stereocenters. The Balaban J connectivity index is 1.51. The van der Waals surface area contributed by atoms with E-state index >= 15 is 0 Å². The van der Waals surface area contributed by atoms with Gasteiger partial charge in [-0.15, -0.1) is 0 Å². The van der Waals surface area contributed by atoms with Gasteiger partial charge in [0.05, 0.1) is 19.8 Å². The Kier molecular flexibility index (Phi) is 6.82. The first kappa shape index (κ1) is 23.0. The second-order valence-electron chi connectivity index (χ2n) is 7.60. The summed E-state index contributed by atoms with van der Waals surface area (Å²) in [7, 11) is -4.08. The summed E-state index contributed by atoms with van der Waals surface area (Å²) < 4.78 is 46.4. The highest BCUT2D eigenvalue weighted by Crippen LogP contribution is 2.24. The van der Waals surface area contributed by atoms with Crippen LogP contribution in [-0.4, -0.2) is 61.6 Å². The summed E-state index contributed by atoms with van der Waals surface area (Å²) in [6.07, 6.45) is 0.273. The second-order valence-corrected chi connectivity index (χ2v) is 9.51. The van der Waals surface area contributed by atoms with E-state index in [1.807, 2.05) is 30.3 Å². The van der Waals surface area contributed by atoms with E-state index in [1.54, 1.807) is 0 Å². The number of nitrogens with one attached hydrogen (secondary N) is 1. The number of rotatable bonds is 6. The summed E-state index contributed by atoms with van der Waals surface area (Å²) >= 11 is 0. The average Bonchev–Trinajstić information content (AvgIpc) is 2.83. The number of carbonyl (C=O) groups is 2. The molecule has 2 aromatic rings. The lowest BCUT2D eigenvalue weighted by atomic mass is 10.1. The first-order chi connectivity index (χ1) is 15.8. The Morgan fingerprint density at radius 2 is 1.82 bits per heavy atom. The van der Waals surface area contributed by atoms with Crippen LogP contribution < -0.4 is 5.32 Å². The topological polar surface area (TPSA) is 108 Å². The van der Waals surface area contributed by atoms with Crippen LogP contribution in [0.3, 0.4) is 0 Å². The normalized spacial score (nSPS) is 17.5. The van der Waals surface area contributed by atoms with E-state index in [2.05, 4.69) is 10.4 Å². The molecule has 2 aromatic carbocycles. The van der Waals surface area contributed by atoms with E-state index in [4.69, 9.17) is 4.74 Å². The predicted molar refractivity (Wildman–Crippen MR) is 118 cm³/mol. The number of halogens is 1. The Labute approximate surface area is 190 Å². The van der Waals surface area contributed by atoms with Crippen molar-refractivity contribution in [1.82, 2.24) is 9.31 Å². The summed E-state index contributed by atoms with van der Waals surface area (Å²) in [6.45, 7) is 0.945. The van der Waals surface area contributed by atoms with Gasteiger partial charge in [-0.1, -0.05) is 30.3 Å². The minimum Gasteiger partial charge on any atom is -0.379 e. The van der Waals surface area contributed by atoms with Crippen molar-refractivity contribution in [1.29, 1.82) is 0 Å². The van der Waals surface area contributed by atoms with Crippen LogP contribution in [0.1, 0.15) is 18.4 Å². The Bertz CT molecular complexity index is 1180. The van der Waals surface area contributed by atoms with Crippen LogP contribution in [0.5, 0.6) is 0 Å². The van der Waals surface area contributed by atoms with Crippen LogP contribution >= 0.6 is 0 Å². The van der Waals surface area contributed by atoms with E-state index in [9.17, 15) is 22.4 Å². The van der Waals surface area contributed by atoms with Crippen LogP contribution in [0.25, 0.3) is 0 Å². The molecule has 2 aliphatic heterocycles. The molecule has 2 aliphatic rings. The number of benzene rings is 2. The van der Waals surface area contributed by atoms with E-state index in [-0.39, 0.29) is 63.0 Å². The van der Waals surface area contributed by atoms with Gasteiger partial charge in [-0.2, -0.15) is 9.41 Å². The van der Waals surface area contributed by atoms with Gasteiger partial charge in [0.25, 0.3) is 5.91 Å². The summed E-state index contributed by atoms with van der Waals surface area (Å²) in [6, 6.07) is 12.6. The first-order valence-electron chi connectivity index (χ1n) is 10.4. The fourth-order valence-electron chi connectivity index (χ4n) is 3.55. The highest BCUT2D eigenvalue weighted by Gasteiger charge is 2.30. The van der Waals surface area contributed by atoms with Crippen molar-refractivity contribution in [3.8, 4) is 0 Å². The molecule has 0 radical (unpaired) electrons. The molecule has 0 unspecified atom stereocenters. The van der Waals surface area contributed by atoms with Crippen molar-refractivity contribution in [2.75, 3.05) is 31.6 Å². The van der Waals surface area contributed by atoms with E-state index in [0.717, 1.165) is 22.0 Å².